The van der Waals surface area contributed by atoms with Crippen LogP contribution in [0.15, 0.2) is 30.3 Å². The van der Waals surface area contributed by atoms with Gasteiger partial charge in [-0.1, -0.05) is 30.3 Å². The molecule has 0 aliphatic heterocycles. The highest BCUT2D eigenvalue weighted by Crippen LogP contribution is 2.18. The topological polar surface area (TPSA) is 33.3 Å². The molecule has 1 aliphatic carbocycles. The van der Waals surface area contributed by atoms with E-state index in [0.29, 0.717) is 0 Å². The molecule has 3 nitrogen and oxygen atoms in total. The van der Waals surface area contributed by atoms with Gasteiger partial charge in [0.05, 0.1) is 6.10 Å². The van der Waals surface area contributed by atoms with Crippen molar-refractivity contribution in [3.05, 3.63) is 35.9 Å². The smallest absolute Gasteiger partial charge is 0.0945 e. The highest BCUT2D eigenvalue weighted by atomic mass is 16.5. The third-order valence-electron chi connectivity index (χ3n) is 3.10. The lowest BCUT2D eigenvalue weighted by molar-refractivity contribution is 0.102. The monoisotopic (exact) mass is 234 g/mol. The van der Waals surface area contributed by atoms with Crippen LogP contribution >= 0.6 is 0 Å². The Morgan fingerprint density at radius 1 is 1.24 bits per heavy atom. The highest BCUT2D eigenvalue weighted by molar-refractivity contribution is 5.17. The van der Waals surface area contributed by atoms with Crippen LogP contribution in [0.1, 0.15) is 24.5 Å². The van der Waals surface area contributed by atoms with Gasteiger partial charge < -0.3 is 15.4 Å². The van der Waals surface area contributed by atoms with Gasteiger partial charge in [0.25, 0.3) is 0 Å². The van der Waals surface area contributed by atoms with E-state index in [1.807, 2.05) is 6.07 Å². The zero-order valence-electron chi connectivity index (χ0n) is 10.5. The molecule has 1 atom stereocenters. The molecule has 0 spiro atoms. The summed E-state index contributed by atoms with van der Waals surface area (Å²) in [5.41, 5.74) is 1.23. The fourth-order valence-corrected chi connectivity index (χ4v) is 1.89. The van der Waals surface area contributed by atoms with Gasteiger partial charge >= 0.3 is 0 Å². The molecule has 0 radical (unpaired) electrons. The Balaban J connectivity index is 1.64. The summed E-state index contributed by atoms with van der Waals surface area (Å²) in [5, 5.41) is 6.92. The molecule has 2 rings (SSSR count). The lowest BCUT2D eigenvalue weighted by Crippen LogP contribution is -2.31. The Morgan fingerprint density at radius 3 is 2.65 bits per heavy atom. The maximum absolute atomic E-state index is 5.49. The molecule has 1 fully saturated rings. The van der Waals surface area contributed by atoms with E-state index in [2.05, 4.69) is 34.9 Å². The summed E-state index contributed by atoms with van der Waals surface area (Å²) in [6, 6.07) is 11.1. The molecule has 0 heterocycles. The van der Waals surface area contributed by atoms with Crippen molar-refractivity contribution in [3.63, 3.8) is 0 Å². The predicted molar refractivity (Wildman–Crippen MR) is 70.1 cm³/mol. The van der Waals surface area contributed by atoms with Crippen molar-refractivity contribution in [1.82, 2.24) is 10.6 Å². The largest absolute Gasteiger partial charge is 0.375 e. The fraction of sp³-hybridized carbons (Fsp3) is 0.571. The molecular formula is C14H22N2O. The molecule has 1 aromatic rings. The maximum Gasteiger partial charge on any atom is 0.0945 e. The standard InChI is InChI=1S/C14H22N2O/c1-17-14(12-5-3-2-4-6-12)11-15-9-10-16-13-7-8-13/h2-6,13-16H,7-11H2,1H3. The second-order valence-electron chi connectivity index (χ2n) is 4.57. The quantitative estimate of drug-likeness (QED) is 0.672. The van der Waals surface area contributed by atoms with Crippen LogP contribution in [0.3, 0.4) is 0 Å². The second kappa shape index (κ2) is 6.74. The van der Waals surface area contributed by atoms with E-state index in [4.69, 9.17) is 4.74 Å². The summed E-state index contributed by atoms with van der Waals surface area (Å²) in [7, 11) is 1.77. The van der Waals surface area contributed by atoms with Gasteiger partial charge in [0.1, 0.15) is 0 Å². The first-order chi connectivity index (χ1) is 8.40. The average molecular weight is 234 g/mol. The lowest BCUT2D eigenvalue weighted by Gasteiger charge is -2.16. The molecule has 1 aromatic carbocycles. The van der Waals surface area contributed by atoms with Gasteiger partial charge in [-0.05, 0) is 18.4 Å². The minimum absolute atomic E-state index is 0.150. The van der Waals surface area contributed by atoms with Gasteiger partial charge in [0.2, 0.25) is 0 Å². The Bertz CT molecular complexity index is 311. The van der Waals surface area contributed by atoms with Crippen molar-refractivity contribution < 1.29 is 4.74 Å². The Labute approximate surface area is 104 Å². The fourth-order valence-electron chi connectivity index (χ4n) is 1.89. The van der Waals surface area contributed by atoms with Gasteiger partial charge in [-0.2, -0.15) is 0 Å². The van der Waals surface area contributed by atoms with Crippen LogP contribution in [0.2, 0.25) is 0 Å². The van der Waals surface area contributed by atoms with E-state index in [0.717, 1.165) is 25.7 Å². The van der Waals surface area contributed by atoms with Gasteiger partial charge in [-0.15, -0.1) is 0 Å². The van der Waals surface area contributed by atoms with Crippen molar-refractivity contribution in [1.29, 1.82) is 0 Å². The van der Waals surface area contributed by atoms with Gasteiger partial charge in [-0.25, -0.2) is 0 Å². The van der Waals surface area contributed by atoms with Crippen LogP contribution in [0.5, 0.6) is 0 Å². The van der Waals surface area contributed by atoms with E-state index >= 15 is 0 Å². The Hall–Kier alpha value is -0.900. The summed E-state index contributed by atoms with van der Waals surface area (Å²) < 4.78 is 5.49. The molecule has 0 aromatic heterocycles. The number of methoxy groups -OCH3 is 1. The third-order valence-corrected chi connectivity index (χ3v) is 3.10. The zero-order valence-corrected chi connectivity index (χ0v) is 10.5. The Morgan fingerprint density at radius 2 is 2.00 bits per heavy atom. The second-order valence-corrected chi connectivity index (χ2v) is 4.57. The molecular weight excluding hydrogens is 212 g/mol. The van der Waals surface area contributed by atoms with E-state index in [-0.39, 0.29) is 6.10 Å². The highest BCUT2D eigenvalue weighted by Gasteiger charge is 2.19. The molecule has 3 heteroatoms. The molecule has 1 saturated carbocycles. The summed E-state index contributed by atoms with van der Waals surface area (Å²) >= 11 is 0. The summed E-state index contributed by atoms with van der Waals surface area (Å²) in [6.07, 6.45) is 2.85. The first kappa shape index (κ1) is 12.6. The minimum Gasteiger partial charge on any atom is -0.375 e. The van der Waals surface area contributed by atoms with Crippen molar-refractivity contribution in [3.8, 4) is 0 Å². The van der Waals surface area contributed by atoms with Crippen molar-refractivity contribution >= 4 is 0 Å². The van der Waals surface area contributed by atoms with E-state index < -0.39 is 0 Å². The summed E-state index contributed by atoms with van der Waals surface area (Å²) in [4.78, 5) is 0. The SMILES string of the molecule is COC(CNCCNC1CC1)c1ccccc1. The average Bonchev–Trinajstić information content (AvgIpc) is 3.19. The Kier molecular flexibility index (Phi) is 4.98. The number of hydrogen-bond donors (Lipinski definition) is 2. The molecule has 0 amide bonds. The van der Waals surface area contributed by atoms with Gasteiger partial charge in [-0.3, -0.25) is 0 Å². The van der Waals surface area contributed by atoms with Crippen LogP contribution < -0.4 is 10.6 Å². The minimum atomic E-state index is 0.150. The lowest BCUT2D eigenvalue weighted by atomic mass is 10.1. The number of rotatable bonds is 8. The molecule has 2 N–H and O–H groups in total. The first-order valence-electron chi connectivity index (χ1n) is 6.42. The third kappa shape index (κ3) is 4.46. The van der Waals surface area contributed by atoms with Crippen LogP contribution in [0.25, 0.3) is 0 Å². The van der Waals surface area contributed by atoms with E-state index in [9.17, 15) is 0 Å². The van der Waals surface area contributed by atoms with Crippen molar-refractivity contribution in [2.24, 2.45) is 0 Å². The first-order valence-corrected chi connectivity index (χ1v) is 6.42. The molecule has 94 valence electrons. The van der Waals surface area contributed by atoms with E-state index in [1.54, 1.807) is 7.11 Å². The van der Waals surface area contributed by atoms with Gasteiger partial charge in [0.15, 0.2) is 0 Å². The van der Waals surface area contributed by atoms with Gasteiger partial charge in [0, 0.05) is 32.8 Å². The number of benzene rings is 1. The van der Waals surface area contributed by atoms with Crippen LogP contribution in [-0.2, 0) is 4.74 Å². The maximum atomic E-state index is 5.49. The molecule has 0 saturated heterocycles. The zero-order chi connectivity index (χ0) is 11.9. The molecule has 17 heavy (non-hydrogen) atoms. The molecule has 1 aliphatic rings. The van der Waals surface area contributed by atoms with Crippen molar-refractivity contribution in [2.45, 2.75) is 25.0 Å². The molecule has 0 bridgehead atoms. The number of hydrogen-bond acceptors (Lipinski definition) is 3. The number of nitrogens with one attached hydrogen (secondary N) is 2. The van der Waals surface area contributed by atoms with Crippen LogP contribution in [0, 0.1) is 0 Å². The number of ether oxygens (including phenoxy) is 1. The molecule has 1 unspecified atom stereocenters. The predicted octanol–water partition coefficient (Wildman–Crippen LogP) is 1.72. The van der Waals surface area contributed by atoms with Crippen LogP contribution in [-0.4, -0.2) is 32.8 Å². The van der Waals surface area contributed by atoms with E-state index in [1.165, 1.54) is 18.4 Å². The summed E-state index contributed by atoms with van der Waals surface area (Å²) in [6.45, 7) is 2.92. The van der Waals surface area contributed by atoms with Crippen molar-refractivity contribution in [2.75, 3.05) is 26.7 Å². The van der Waals surface area contributed by atoms with Crippen LogP contribution in [0.4, 0.5) is 0 Å². The normalized spacial score (nSPS) is 17.0. The summed E-state index contributed by atoms with van der Waals surface area (Å²) in [5.74, 6) is 0.